The van der Waals surface area contributed by atoms with E-state index in [0.29, 0.717) is 11.7 Å². The van der Waals surface area contributed by atoms with Crippen molar-refractivity contribution in [1.82, 2.24) is 5.01 Å². The van der Waals surface area contributed by atoms with Crippen LogP contribution in [-0.2, 0) is 11.2 Å². The number of hydrazone groups is 1. The third-order valence-corrected chi connectivity index (χ3v) is 4.07. The van der Waals surface area contributed by atoms with E-state index in [9.17, 15) is 4.79 Å². The molecule has 110 valence electrons. The Morgan fingerprint density at radius 1 is 1.09 bits per heavy atom. The fourth-order valence-electron chi connectivity index (χ4n) is 2.94. The minimum Gasteiger partial charge on any atom is -0.265 e. The van der Waals surface area contributed by atoms with Crippen LogP contribution in [0.3, 0.4) is 0 Å². The fraction of sp³-hybridized carbons (Fsp3) is 0.294. The Bertz CT molecular complexity index is 743. The van der Waals surface area contributed by atoms with Crippen LogP contribution in [0.1, 0.15) is 31.2 Å². The molecule has 0 aromatic heterocycles. The molecule has 1 fully saturated rings. The van der Waals surface area contributed by atoms with Crippen molar-refractivity contribution in [3.63, 3.8) is 0 Å². The van der Waals surface area contributed by atoms with Crippen molar-refractivity contribution >= 4 is 23.3 Å². The van der Waals surface area contributed by atoms with Crippen molar-refractivity contribution in [3.05, 3.63) is 47.7 Å². The van der Waals surface area contributed by atoms with Crippen LogP contribution in [-0.4, -0.2) is 28.3 Å². The number of fused-ring (bicyclic) bond motifs is 2. The molecule has 1 amide bonds. The number of guanidine groups is 1. The Morgan fingerprint density at radius 2 is 1.91 bits per heavy atom. The molecule has 0 N–H and O–H groups in total. The van der Waals surface area contributed by atoms with Gasteiger partial charge >= 0.3 is 0 Å². The number of allylic oxidation sites excluding steroid dienone is 1. The van der Waals surface area contributed by atoms with E-state index in [1.165, 1.54) is 5.56 Å². The van der Waals surface area contributed by atoms with Gasteiger partial charge in [0.15, 0.2) is 0 Å². The molecule has 1 aromatic rings. The number of amides is 1. The van der Waals surface area contributed by atoms with E-state index in [1.807, 2.05) is 24.3 Å². The van der Waals surface area contributed by atoms with E-state index < -0.39 is 0 Å². The molecule has 1 aliphatic carbocycles. The summed E-state index contributed by atoms with van der Waals surface area (Å²) in [5.74, 6) is 0.188. The van der Waals surface area contributed by atoms with Crippen molar-refractivity contribution < 1.29 is 4.79 Å². The molecule has 1 saturated carbocycles. The summed E-state index contributed by atoms with van der Waals surface area (Å²) in [6.45, 7) is 0. The van der Waals surface area contributed by atoms with Crippen molar-refractivity contribution in [2.24, 2.45) is 15.1 Å². The van der Waals surface area contributed by atoms with E-state index in [0.717, 1.165) is 43.5 Å². The highest BCUT2D eigenvalue weighted by atomic mass is 16.2. The molecule has 5 heteroatoms. The van der Waals surface area contributed by atoms with Crippen LogP contribution in [0.5, 0.6) is 0 Å². The third-order valence-electron chi connectivity index (χ3n) is 4.07. The van der Waals surface area contributed by atoms with Gasteiger partial charge in [0, 0.05) is 0 Å². The Hall–Kier alpha value is -2.56. The minimum atomic E-state index is -0.239. The zero-order chi connectivity index (χ0) is 14.9. The molecule has 3 aliphatic rings. The molecule has 1 aromatic carbocycles. The van der Waals surface area contributed by atoms with Crippen molar-refractivity contribution in [1.29, 1.82) is 0 Å². The van der Waals surface area contributed by atoms with Gasteiger partial charge in [0.2, 0.25) is 0 Å². The summed E-state index contributed by atoms with van der Waals surface area (Å²) in [4.78, 5) is 20.6. The van der Waals surface area contributed by atoms with Gasteiger partial charge in [0.25, 0.3) is 11.9 Å². The second-order valence-electron chi connectivity index (χ2n) is 5.60. The number of aryl methyl sites for hydroxylation is 1. The molecule has 0 atom stereocenters. The molecule has 0 radical (unpaired) electrons. The standard InChI is InChI=1S/C17H16N4O/c22-16-15(11-4-8-12-6-2-1-3-7-12)21-17(19-16)18-13-9-5-10-14(13)20-21/h1-3,6-7,11H,4-5,8-10H2. The van der Waals surface area contributed by atoms with Crippen LogP contribution in [0.25, 0.3) is 0 Å². The van der Waals surface area contributed by atoms with Gasteiger partial charge in [-0.2, -0.15) is 15.1 Å². The Morgan fingerprint density at radius 3 is 2.77 bits per heavy atom. The van der Waals surface area contributed by atoms with Gasteiger partial charge in [-0.25, -0.2) is 4.99 Å². The lowest BCUT2D eigenvalue weighted by molar-refractivity contribution is -0.114. The molecule has 2 aliphatic heterocycles. The van der Waals surface area contributed by atoms with Crippen LogP contribution in [0.15, 0.2) is 57.2 Å². The van der Waals surface area contributed by atoms with E-state index >= 15 is 0 Å². The normalized spacial score (nSPS) is 21.5. The maximum atomic E-state index is 12.1. The average Bonchev–Trinajstić information content (AvgIpc) is 3.10. The lowest BCUT2D eigenvalue weighted by Gasteiger charge is -2.18. The monoisotopic (exact) mass is 292 g/mol. The summed E-state index contributed by atoms with van der Waals surface area (Å²) in [5, 5.41) is 6.17. The number of nitrogens with zero attached hydrogens (tertiary/aromatic N) is 4. The molecule has 0 saturated heterocycles. The first kappa shape index (κ1) is 13.1. The second-order valence-corrected chi connectivity index (χ2v) is 5.60. The summed E-state index contributed by atoms with van der Waals surface area (Å²) in [6, 6.07) is 10.2. The molecule has 0 unspecified atom stereocenters. The molecular formula is C17H16N4O. The van der Waals surface area contributed by atoms with Crippen LogP contribution in [0.4, 0.5) is 0 Å². The van der Waals surface area contributed by atoms with Crippen LogP contribution in [0, 0.1) is 0 Å². The van der Waals surface area contributed by atoms with Gasteiger partial charge in [0.1, 0.15) is 5.70 Å². The largest absolute Gasteiger partial charge is 0.298 e. The highest BCUT2D eigenvalue weighted by Gasteiger charge is 2.34. The molecular weight excluding hydrogens is 276 g/mol. The first-order valence-electron chi connectivity index (χ1n) is 7.64. The maximum Gasteiger partial charge on any atom is 0.298 e. The molecule has 4 rings (SSSR count). The van der Waals surface area contributed by atoms with Crippen LogP contribution < -0.4 is 0 Å². The molecule has 22 heavy (non-hydrogen) atoms. The predicted molar refractivity (Wildman–Crippen MR) is 85.8 cm³/mol. The second kappa shape index (κ2) is 5.33. The van der Waals surface area contributed by atoms with Gasteiger partial charge in [0.05, 0.1) is 11.4 Å². The summed E-state index contributed by atoms with van der Waals surface area (Å²) in [7, 11) is 0. The van der Waals surface area contributed by atoms with Crippen molar-refractivity contribution in [2.45, 2.75) is 32.1 Å². The Labute approximate surface area is 128 Å². The number of aliphatic imine (C=N–C) groups is 2. The van der Waals surface area contributed by atoms with E-state index in [1.54, 1.807) is 5.01 Å². The molecule has 0 spiro atoms. The third kappa shape index (κ3) is 2.28. The number of benzene rings is 1. The van der Waals surface area contributed by atoms with Crippen molar-refractivity contribution in [3.8, 4) is 0 Å². The van der Waals surface area contributed by atoms with Crippen molar-refractivity contribution in [2.75, 3.05) is 0 Å². The summed E-state index contributed by atoms with van der Waals surface area (Å²) < 4.78 is 0. The SMILES string of the molecule is O=C1N=C2N=C3CCCC3=NN2C1=CCCc1ccccc1. The van der Waals surface area contributed by atoms with Gasteiger partial charge in [-0.3, -0.25) is 4.79 Å². The lowest BCUT2D eigenvalue weighted by Crippen LogP contribution is -2.28. The first-order valence-corrected chi connectivity index (χ1v) is 7.64. The number of rotatable bonds is 3. The number of hydrogen-bond donors (Lipinski definition) is 0. The summed E-state index contributed by atoms with van der Waals surface area (Å²) in [5.41, 5.74) is 3.79. The highest BCUT2D eigenvalue weighted by Crippen LogP contribution is 2.26. The average molecular weight is 292 g/mol. The smallest absolute Gasteiger partial charge is 0.265 e. The van der Waals surface area contributed by atoms with Gasteiger partial charge in [-0.1, -0.05) is 36.4 Å². The fourth-order valence-corrected chi connectivity index (χ4v) is 2.94. The predicted octanol–water partition coefficient (Wildman–Crippen LogP) is 2.70. The maximum absolute atomic E-state index is 12.1. The van der Waals surface area contributed by atoms with Crippen LogP contribution >= 0.6 is 0 Å². The number of carbonyl (C=O) groups excluding carboxylic acids is 1. The topological polar surface area (TPSA) is 57.4 Å². The number of hydrogen-bond acceptors (Lipinski definition) is 4. The van der Waals surface area contributed by atoms with E-state index in [-0.39, 0.29) is 5.91 Å². The zero-order valence-corrected chi connectivity index (χ0v) is 12.2. The van der Waals surface area contributed by atoms with E-state index in [4.69, 9.17) is 0 Å². The van der Waals surface area contributed by atoms with Gasteiger partial charge < -0.3 is 0 Å². The van der Waals surface area contributed by atoms with Crippen LogP contribution in [0.2, 0.25) is 0 Å². The first-order chi connectivity index (χ1) is 10.8. The van der Waals surface area contributed by atoms with Gasteiger partial charge in [-0.05, 0) is 37.7 Å². The lowest BCUT2D eigenvalue weighted by atomic mass is 10.1. The number of carbonyl (C=O) groups is 1. The molecule has 2 heterocycles. The Kier molecular flexibility index (Phi) is 3.18. The zero-order valence-electron chi connectivity index (χ0n) is 12.2. The molecule has 5 nitrogen and oxygen atoms in total. The molecule has 0 bridgehead atoms. The Balaban J connectivity index is 1.52. The summed E-state index contributed by atoms with van der Waals surface area (Å²) >= 11 is 0. The van der Waals surface area contributed by atoms with Gasteiger partial charge in [-0.15, -0.1) is 0 Å². The summed E-state index contributed by atoms with van der Waals surface area (Å²) in [6.07, 6.45) is 6.56. The highest BCUT2D eigenvalue weighted by molar-refractivity contribution is 6.46. The van der Waals surface area contributed by atoms with E-state index in [2.05, 4.69) is 27.2 Å². The minimum absolute atomic E-state index is 0.239. The quantitative estimate of drug-likeness (QED) is 0.804.